The molecule has 1 N–H and O–H groups in total. The minimum absolute atomic E-state index is 0.120. The fourth-order valence-corrected chi connectivity index (χ4v) is 1.76. The van der Waals surface area contributed by atoms with Crippen LogP contribution in [0.1, 0.15) is 19.3 Å². The van der Waals surface area contributed by atoms with Crippen LogP contribution in [0.25, 0.3) is 0 Å². The summed E-state index contributed by atoms with van der Waals surface area (Å²) in [5.74, 6) is 0.984. The number of carbonyl (C=O) groups is 1. The molecule has 0 amide bonds. The van der Waals surface area contributed by atoms with Crippen LogP contribution < -0.4 is 5.32 Å². The summed E-state index contributed by atoms with van der Waals surface area (Å²) in [5.41, 5.74) is 1.51. The Hall–Kier alpha value is -1.98. The lowest BCUT2D eigenvalue weighted by Gasteiger charge is -2.15. The van der Waals surface area contributed by atoms with E-state index in [4.69, 9.17) is 0 Å². The maximum atomic E-state index is 11.6. The number of hydrogen-bond acceptors (Lipinski definition) is 6. The van der Waals surface area contributed by atoms with E-state index in [1.807, 2.05) is 0 Å². The zero-order chi connectivity index (χ0) is 10.3. The van der Waals surface area contributed by atoms with Crippen molar-refractivity contribution in [1.82, 2.24) is 10.3 Å². The molecular formula is C9H8N4O2. The molecule has 6 heteroatoms. The minimum Gasteiger partial charge on any atom is -0.337 e. The van der Waals surface area contributed by atoms with Gasteiger partial charge in [0.2, 0.25) is 11.6 Å². The molecule has 0 unspecified atom stereocenters. The summed E-state index contributed by atoms with van der Waals surface area (Å²) in [7, 11) is 0. The first-order valence-electron chi connectivity index (χ1n) is 4.74. The summed E-state index contributed by atoms with van der Waals surface area (Å²) in [6.07, 6.45) is 3.82. The Labute approximate surface area is 85.0 Å². The molecule has 0 saturated carbocycles. The van der Waals surface area contributed by atoms with Crippen molar-refractivity contribution in [2.24, 2.45) is 4.99 Å². The molecule has 6 nitrogen and oxygen atoms in total. The second kappa shape index (κ2) is 3.01. The molecule has 1 aromatic heterocycles. The van der Waals surface area contributed by atoms with Gasteiger partial charge in [-0.3, -0.25) is 4.79 Å². The fraction of sp³-hybridized carbons (Fsp3) is 0.333. The number of ketones is 1. The van der Waals surface area contributed by atoms with E-state index in [1.165, 1.54) is 0 Å². The zero-order valence-corrected chi connectivity index (χ0v) is 7.86. The van der Waals surface area contributed by atoms with Gasteiger partial charge in [0.15, 0.2) is 5.78 Å². The Morgan fingerprint density at radius 1 is 1.33 bits per heavy atom. The van der Waals surface area contributed by atoms with E-state index >= 15 is 0 Å². The van der Waals surface area contributed by atoms with Crippen LogP contribution in [0.2, 0.25) is 0 Å². The van der Waals surface area contributed by atoms with Gasteiger partial charge in [-0.1, -0.05) is 0 Å². The van der Waals surface area contributed by atoms with E-state index in [0.29, 0.717) is 23.6 Å². The largest absolute Gasteiger partial charge is 0.337 e. The number of aliphatic imine (C=N–C) groups is 1. The molecular weight excluding hydrogens is 196 g/mol. The van der Waals surface area contributed by atoms with Gasteiger partial charge in [-0.15, -0.1) is 0 Å². The van der Waals surface area contributed by atoms with Crippen LogP contribution in [0.3, 0.4) is 0 Å². The Bertz CT molecular complexity index is 486. The molecule has 3 rings (SSSR count). The van der Waals surface area contributed by atoms with Crippen molar-refractivity contribution in [2.75, 3.05) is 5.32 Å². The summed E-state index contributed by atoms with van der Waals surface area (Å²) in [6.45, 7) is 0. The van der Waals surface area contributed by atoms with Crippen LogP contribution in [-0.4, -0.2) is 22.3 Å². The number of nitrogens with zero attached hydrogens (tertiary/aromatic N) is 3. The molecule has 2 aliphatic rings. The fourth-order valence-electron chi connectivity index (χ4n) is 1.76. The molecule has 0 bridgehead atoms. The summed E-state index contributed by atoms with van der Waals surface area (Å²) in [5, 5.41) is 10.3. The number of carbonyl (C=O) groups excluding carboxylic acids is 1. The molecule has 0 spiro atoms. The molecule has 0 fully saturated rings. The van der Waals surface area contributed by atoms with Crippen molar-refractivity contribution in [2.45, 2.75) is 19.3 Å². The second-order valence-electron chi connectivity index (χ2n) is 3.49. The predicted octanol–water partition coefficient (Wildman–Crippen LogP) is 1.20. The third-order valence-electron chi connectivity index (χ3n) is 2.51. The van der Waals surface area contributed by atoms with E-state index in [-0.39, 0.29) is 5.78 Å². The molecule has 15 heavy (non-hydrogen) atoms. The number of aromatic nitrogens is 2. The van der Waals surface area contributed by atoms with Gasteiger partial charge in [-0.2, -0.15) is 0 Å². The number of fused-ring (bicyclic) bond motifs is 1. The lowest BCUT2D eigenvalue weighted by molar-refractivity contribution is -0.115. The van der Waals surface area contributed by atoms with Crippen molar-refractivity contribution in [3.05, 3.63) is 11.3 Å². The summed E-state index contributed by atoms with van der Waals surface area (Å²) >= 11 is 0. The maximum absolute atomic E-state index is 11.6. The van der Waals surface area contributed by atoms with Gasteiger partial charge in [-0.05, 0) is 23.2 Å². The van der Waals surface area contributed by atoms with E-state index < -0.39 is 0 Å². The summed E-state index contributed by atoms with van der Waals surface area (Å²) in [6, 6.07) is 0. The van der Waals surface area contributed by atoms with Crippen LogP contribution in [0.5, 0.6) is 0 Å². The number of anilines is 1. The number of nitrogens with one attached hydrogen (secondary N) is 1. The Morgan fingerprint density at radius 3 is 3.20 bits per heavy atom. The monoisotopic (exact) mass is 204 g/mol. The van der Waals surface area contributed by atoms with E-state index in [1.54, 1.807) is 6.21 Å². The first-order valence-corrected chi connectivity index (χ1v) is 4.74. The van der Waals surface area contributed by atoms with Crippen molar-refractivity contribution in [3.63, 3.8) is 0 Å². The van der Waals surface area contributed by atoms with Gasteiger partial charge >= 0.3 is 0 Å². The molecule has 1 aliphatic carbocycles. The number of allylic oxidation sites excluding steroid dienone is 2. The van der Waals surface area contributed by atoms with E-state index in [9.17, 15) is 4.79 Å². The SMILES string of the molecule is O=C1CCCC2=C1C=Nc1nonc1N2. The molecule has 2 heterocycles. The highest BCUT2D eigenvalue weighted by atomic mass is 16.6. The van der Waals surface area contributed by atoms with E-state index in [2.05, 4.69) is 25.3 Å². The smallest absolute Gasteiger partial charge is 0.241 e. The quantitative estimate of drug-likeness (QED) is 0.686. The van der Waals surface area contributed by atoms with Crippen LogP contribution in [0.15, 0.2) is 20.9 Å². The van der Waals surface area contributed by atoms with Gasteiger partial charge in [-0.25, -0.2) is 9.62 Å². The van der Waals surface area contributed by atoms with Gasteiger partial charge in [0, 0.05) is 18.3 Å². The molecule has 1 aliphatic heterocycles. The van der Waals surface area contributed by atoms with E-state index in [0.717, 1.165) is 18.5 Å². The molecule has 0 radical (unpaired) electrons. The predicted molar refractivity (Wildman–Crippen MR) is 52.0 cm³/mol. The van der Waals surface area contributed by atoms with Crippen molar-refractivity contribution in [3.8, 4) is 0 Å². The third kappa shape index (κ3) is 1.25. The van der Waals surface area contributed by atoms with Crippen LogP contribution in [0.4, 0.5) is 11.6 Å². The molecule has 76 valence electrons. The highest BCUT2D eigenvalue weighted by Crippen LogP contribution is 2.29. The first-order chi connectivity index (χ1) is 7.34. The highest BCUT2D eigenvalue weighted by Gasteiger charge is 2.23. The Kier molecular flexibility index (Phi) is 1.67. The molecule has 0 atom stereocenters. The van der Waals surface area contributed by atoms with Crippen molar-refractivity contribution in [1.29, 1.82) is 0 Å². The lowest BCUT2D eigenvalue weighted by atomic mass is 9.96. The number of Topliss-reactive ketones (excluding diaryl/α,β-unsaturated/α-hetero) is 1. The summed E-state index contributed by atoms with van der Waals surface area (Å²) < 4.78 is 4.55. The Morgan fingerprint density at radius 2 is 2.27 bits per heavy atom. The number of hydrogen-bond donors (Lipinski definition) is 1. The van der Waals surface area contributed by atoms with Crippen molar-refractivity contribution >= 4 is 23.6 Å². The van der Waals surface area contributed by atoms with Gasteiger partial charge in [0.1, 0.15) is 0 Å². The highest BCUT2D eigenvalue weighted by molar-refractivity contribution is 6.15. The minimum atomic E-state index is 0.120. The van der Waals surface area contributed by atoms with Crippen molar-refractivity contribution < 1.29 is 9.42 Å². The molecule has 0 aromatic carbocycles. The molecule has 1 aromatic rings. The van der Waals surface area contributed by atoms with Crippen LogP contribution in [0, 0.1) is 0 Å². The van der Waals surface area contributed by atoms with Crippen LogP contribution in [-0.2, 0) is 4.79 Å². The van der Waals surface area contributed by atoms with Gasteiger partial charge < -0.3 is 5.32 Å². The summed E-state index contributed by atoms with van der Waals surface area (Å²) in [4.78, 5) is 15.6. The average Bonchev–Trinajstić information content (AvgIpc) is 2.58. The van der Waals surface area contributed by atoms with Gasteiger partial charge in [0.05, 0.1) is 5.57 Å². The van der Waals surface area contributed by atoms with Crippen LogP contribution >= 0.6 is 0 Å². The topological polar surface area (TPSA) is 80.4 Å². The Balaban J connectivity index is 2.09. The maximum Gasteiger partial charge on any atom is 0.241 e. The van der Waals surface area contributed by atoms with Gasteiger partial charge in [0.25, 0.3) is 0 Å². The standard InChI is InChI=1S/C9H8N4O2/c14-7-3-1-2-6-5(7)4-10-8-9(11-6)13-15-12-8/h4H,1-3H2,(H,11,13). The first kappa shape index (κ1) is 8.34. The second-order valence-corrected chi connectivity index (χ2v) is 3.49. The number of rotatable bonds is 0. The molecule has 0 saturated heterocycles. The normalized spacial score (nSPS) is 19.3. The average molecular weight is 204 g/mol. The lowest BCUT2D eigenvalue weighted by Crippen LogP contribution is -2.16. The third-order valence-corrected chi connectivity index (χ3v) is 2.51. The zero-order valence-electron chi connectivity index (χ0n) is 7.86.